The molecule has 0 spiro atoms. The Bertz CT molecular complexity index is 1180. The molecule has 0 saturated heterocycles. The smallest absolute Gasteiger partial charge is 0.251 e. The lowest BCUT2D eigenvalue weighted by atomic mass is 10.2. The van der Waals surface area contributed by atoms with Crippen molar-refractivity contribution >= 4 is 63.5 Å². The number of amides is 2. The molecule has 33 heavy (non-hydrogen) atoms. The summed E-state index contributed by atoms with van der Waals surface area (Å²) in [6.45, 7) is 8.02. The molecular weight excluding hydrogens is 573 g/mol. The van der Waals surface area contributed by atoms with E-state index in [1.54, 1.807) is 30.3 Å². The van der Waals surface area contributed by atoms with E-state index in [1.807, 2.05) is 36.6 Å². The standard InChI is InChI=1S/C23H23ClIN5O2S/c1-4-10-30-21(15(3)26-22(32)16-6-5-7-17(24)12-16)28-29-23(30)33-13-20(31)27-19-9-8-18(25)11-14(19)2/h4-9,11-12,15H,1,10,13H2,2-3H3,(H,26,32)(H,27,31). The number of hydrogen-bond donors (Lipinski definition) is 2. The summed E-state index contributed by atoms with van der Waals surface area (Å²) < 4.78 is 2.95. The third-order valence-electron chi connectivity index (χ3n) is 4.67. The molecule has 0 aliphatic rings. The summed E-state index contributed by atoms with van der Waals surface area (Å²) >= 11 is 9.50. The number of nitrogens with one attached hydrogen (secondary N) is 2. The normalized spacial score (nSPS) is 11.6. The second kappa shape index (κ2) is 11.7. The van der Waals surface area contributed by atoms with Crippen molar-refractivity contribution in [1.82, 2.24) is 20.1 Å². The molecule has 2 N–H and O–H groups in total. The van der Waals surface area contributed by atoms with Crippen LogP contribution in [0.1, 0.15) is 34.7 Å². The Morgan fingerprint density at radius 1 is 1.27 bits per heavy atom. The van der Waals surface area contributed by atoms with Gasteiger partial charge in [-0.1, -0.05) is 35.5 Å². The van der Waals surface area contributed by atoms with Gasteiger partial charge in [0, 0.05) is 26.4 Å². The van der Waals surface area contributed by atoms with Crippen LogP contribution in [0, 0.1) is 10.5 Å². The third kappa shape index (κ3) is 6.81. The fourth-order valence-electron chi connectivity index (χ4n) is 3.09. The predicted octanol–water partition coefficient (Wildman–Crippen LogP) is 5.25. The maximum atomic E-state index is 12.6. The van der Waals surface area contributed by atoms with Gasteiger partial charge in [0.05, 0.1) is 11.8 Å². The first kappa shape index (κ1) is 25.3. The van der Waals surface area contributed by atoms with Crippen LogP contribution >= 0.6 is 46.0 Å². The van der Waals surface area contributed by atoms with Crippen LogP contribution < -0.4 is 10.6 Å². The molecule has 1 heterocycles. The highest BCUT2D eigenvalue weighted by Gasteiger charge is 2.20. The molecule has 0 radical (unpaired) electrons. The van der Waals surface area contributed by atoms with Crippen LogP contribution in [0.2, 0.25) is 5.02 Å². The van der Waals surface area contributed by atoms with Crippen molar-refractivity contribution in [2.75, 3.05) is 11.1 Å². The second-order valence-electron chi connectivity index (χ2n) is 7.24. The zero-order chi connectivity index (χ0) is 24.0. The first-order valence-electron chi connectivity index (χ1n) is 10.1. The molecule has 2 aromatic carbocycles. The summed E-state index contributed by atoms with van der Waals surface area (Å²) in [5.41, 5.74) is 2.24. The first-order valence-corrected chi connectivity index (χ1v) is 12.5. The number of nitrogens with zero attached hydrogens (tertiary/aromatic N) is 3. The highest BCUT2D eigenvalue weighted by Crippen LogP contribution is 2.23. The Labute approximate surface area is 215 Å². The van der Waals surface area contributed by atoms with Crippen molar-refractivity contribution < 1.29 is 9.59 Å². The van der Waals surface area contributed by atoms with E-state index in [1.165, 1.54) is 11.8 Å². The molecule has 3 aromatic rings. The highest BCUT2D eigenvalue weighted by molar-refractivity contribution is 14.1. The monoisotopic (exact) mass is 595 g/mol. The quantitative estimate of drug-likeness (QED) is 0.200. The van der Waals surface area contributed by atoms with Crippen LogP contribution in [-0.2, 0) is 11.3 Å². The summed E-state index contributed by atoms with van der Waals surface area (Å²) in [5, 5.41) is 15.4. The lowest BCUT2D eigenvalue weighted by molar-refractivity contribution is -0.113. The fraction of sp³-hybridized carbons (Fsp3) is 0.217. The molecule has 0 saturated carbocycles. The molecule has 0 aliphatic carbocycles. The minimum atomic E-state index is -0.415. The fourth-order valence-corrected chi connectivity index (χ4v) is 4.68. The van der Waals surface area contributed by atoms with E-state index in [4.69, 9.17) is 11.6 Å². The molecule has 1 aromatic heterocycles. The molecule has 0 bridgehead atoms. The number of thioether (sulfide) groups is 1. The van der Waals surface area contributed by atoms with E-state index in [0.29, 0.717) is 28.1 Å². The summed E-state index contributed by atoms with van der Waals surface area (Å²) in [6, 6.07) is 12.2. The van der Waals surface area contributed by atoms with Gasteiger partial charge in [-0.15, -0.1) is 16.8 Å². The van der Waals surface area contributed by atoms with Crippen LogP contribution in [0.4, 0.5) is 5.69 Å². The van der Waals surface area contributed by atoms with E-state index in [2.05, 4.69) is 50.0 Å². The van der Waals surface area contributed by atoms with Gasteiger partial charge in [-0.05, 0) is 78.4 Å². The molecular formula is C23H23ClIN5O2S. The number of anilines is 1. The van der Waals surface area contributed by atoms with Gasteiger partial charge in [0.2, 0.25) is 5.91 Å². The van der Waals surface area contributed by atoms with Gasteiger partial charge in [-0.25, -0.2) is 0 Å². The van der Waals surface area contributed by atoms with Gasteiger partial charge in [0.15, 0.2) is 11.0 Å². The Balaban J connectivity index is 1.67. The van der Waals surface area contributed by atoms with E-state index in [9.17, 15) is 9.59 Å². The third-order valence-corrected chi connectivity index (χ3v) is 6.55. The second-order valence-corrected chi connectivity index (χ2v) is 9.87. The van der Waals surface area contributed by atoms with Gasteiger partial charge in [-0.2, -0.15) is 0 Å². The first-order chi connectivity index (χ1) is 15.8. The van der Waals surface area contributed by atoms with Crippen LogP contribution in [0.3, 0.4) is 0 Å². The van der Waals surface area contributed by atoms with Crippen molar-refractivity contribution in [1.29, 1.82) is 0 Å². The Kier molecular flexibility index (Phi) is 8.93. The summed E-state index contributed by atoms with van der Waals surface area (Å²) in [5.74, 6) is 0.340. The van der Waals surface area contributed by atoms with Gasteiger partial charge in [-0.3, -0.25) is 9.59 Å². The minimum Gasteiger partial charge on any atom is -0.342 e. The van der Waals surface area contributed by atoms with Crippen molar-refractivity contribution in [2.24, 2.45) is 0 Å². The average molecular weight is 596 g/mol. The maximum absolute atomic E-state index is 12.6. The molecule has 2 amide bonds. The minimum absolute atomic E-state index is 0.138. The van der Waals surface area contributed by atoms with Crippen LogP contribution in [0.25, 0.3) is 0 Å². The van der Waals surface area contributed by atoms with E-state index in [-0.39, 0.29) is 17.6 Å². The lowest BCUT2D eigenvalue weighted by Gasteiger charge is -2.15. The van der Waals surface area contributed by atoms with E-state index in [0.717, 1.165) is 14.8 Å². The van der Waals surface area contributed by atoms with E-state index < -0.39 is 6.04 Å². The van der Waals surface area contributed by atoms with Gasteiger partial charge >= 0.3 is 0 Å². The van der Waals surface area contributed by atoms with Crippen LogP contribution in [-0.4, -0.2) is 32.3 Å². The molecule has 172 valence electrons. The average Bonchev–Trinajstić information content (AvgIpc) is 3.17. The summed E-state index contributed by atoms with van der Waals surface area (Å²) in [6.07, 6.45) is 1.72. The number of benzene rings is 2. The Morgan fingerprint density at radius 3 is 2.76 bits per heavy atom. The van der Waals surface area contributed by atoms with Crippen molar-refractivity contribution in [3.63, 3.8) is 0 Å². The summed E-state index contributed by atoms with van der Waals surface area (Å²) in [4.78, 5) is 25.1. The van der Waals surface area contributed by atoms with Crippen molar-refractivity contribution in [2.45, 2.75) is 31.6 Å². The van der Waals surface area contributed by atoms with E-state index >= 15 is 0 Å². The number of hydrogen-bond acceptors (Lipinski definition) is 5. The Morgan fingerprint density at radius 2 is 2.06 bits per heavy atom. The molecule has 10 heteroatoms. The van der Waals surface area contributed by atoms with Gasteiger partial charge in [0.1, 0.15) is 0 Å². The number of carbonyl (C=O) groups excluding carboxylic acids is 2. The number of allylic oxidation sites excluding steroid dienone is 1. The summed E-state index contributed by atoms with van der Waals surface area (Å²) in [7, 11) is 0. The zero-order valence-corrected chi connectivity index (χ0v) is 21.9. The number of rotatable bonds is 9. The van der Waals surface area contributed by atoms with Crippen LogP contribution in [0.5, 0.6) is 0 Å². The van der Waals surface area contributed by atoms with Crippen LogP contribution in [0.15, 0.2) is 60.3 Å². The van der Waals surface area contributed by atoms with Crippen molar-refractivity contribution in [3.05, 3.63) is 80.7 Å². The van der Waals surface area contributed by atoms with Gasteiger partial charge in [0.25, 0.3) is 5.91 Å². The zero-order valence-electron chi connectivity index (χ0n) is 18.1. The topological polar surface area (TPSA) is 88.9 Å². The highest BCUT2D eigenvalue weighted by atomic mass is 127. The molecule has 0 aliphatic heterocycles. The number of aryl methyl sites for hydroxylation is 1. The maximum Gasteiger partial charge on any atom is 0.251 e. The molecule has 7 nitrogen and oxygen atoms in total. The largest absolute Gasteiger partial charge is 0.342 e. The lowest BCUT2D eigenvalue weighted by Crippen LogP contribution is -2.28. The number of carbonyl (C=O) groups is 2. The molecule has 3 rings (SSSR count). The predicted molar refractivity (Wildman–Crippen MR) is 141 cm³/mol. The number of halogens is 2. The Hall–Kier alpha value is -2.37. The molecule has 1 unspecified atom stereocenters. The molecule has 1 atom stereocenters. The van der Waals surface area contributed by atoms with Gasteiger partial charge < -0.3 is 15.2 Å². The van der Waals surface area contributed by atoms with Crippen molar-refractivity contribution in [3.8, 4) is 0 Å². The number of aromatic nitrogens is 3. The SMILES string of the molecule is C=CCn1c(SCC(=O)Nc2ccc(I)cc2C)nnc1C(C)NC(=O)c1cccc(Cl)c1. The molecule has 0 fully saturated rings.